The molecular formula is C13H19NO2S. The van der Waals surface area contributed by atoms with Crippen LogP contribution in [-0.4, -0.2) is 36.1 Å². The molecule has 1 aromatic rings. The standard InChI is InChI=1S/C13H19NO2S/c1-8-6-16-7-9(2)14(8)13(15)12-5-10(3)17-11(12)4/h5,8-9H,6-7H2,1-4H3. The van der Waals surface area contributed by atoms with E-state index in [0.29, 0.717) is 13.2 Å². The number of carbonyl (C=O) groups excluding carboxylic acids is 1. The van der Waals surface area contributed by atoms with E-state index in [1.54, 1.807) is 11.3 Å². The van der Waals surface area contributed by atoms with E-state index in [1.807, 2.05) is 38.7 Å². The van der Waals surface area contributed by atoms with E-state index in [-0.39, 0.29) is 18.0 Å². The van der Waals surface area contributed by atoms with Crippen LogP contribution in [0.4, 0.5) is 0 Å². The van der Waals surface area contributed by atoms with Gasteiger partial charge in [0.05, 0.1) is 30.9 Å². The molecule has 0 N–H and O–H groups in total. The molecule has 3 nitrogen and oxygen atoms in total. The van der Waals surface area contributed by atoms with E-state index in [2.05, 4.69) is 0 Å². The molecule has 17 heavy (non-hydrogen) atoms. The Morgan fingerprint density at radius 3 is 2.41 bits per heavy atom. The van der Waals surface area contributed by atoms with Gasteiger partial charge in [0.25, 0.3) is 5.91 Å². The SMILES string of the molecule is Cc1cc(C(=O)N2C(C)COCC2C)c(C)s1. The average molecular weight is 253 g/mol. The van der Waals surface area contributed by atoms with Crippen LogP contribution in [-0.2, 0) is 4.74 Å². The number of aryl methyl sites for hydroxylation is 2. The Hall–Kier alpha value is -0.870. The van der Waals surface area contributed by atoms with Gasteiger partial charge in [-0.25, -0.2) is 0 Å². The van der Waals surface area contributed by atoms with Gasteiger partial charge in [0.15, 0.2) is 0 Å². The molecule has 4 heteroatoms. The maximum absolute atomic E-state index is 12.5. The molecule has 94 valence electrons. The molecule has 0 saturated carbocycles. The maximum atomic E-state index is 12.5. The van der Waals surface area contributed by atoms with Crippen LogP contribution in [0, 0.1) is 13.8 Å². The van der Waals surface area contributed by atoms with Crippen molar-refractivity contribution in [3.63, 3.8) is 0 Å². The van der Waals surface area contributed by atoms with Crippen LogP contribution in [0.5, 0.6) is 0 Å². The Labute approximate surface area is 106 Å². The molecule has 1 saturated heterocycles. The molecule has 2 unspecified atom stereocenters. The third kappa shape index (κ3) is 2.38. The van der Waals surface area contributed by atoms with E-state index in [0.717, 1.165) is 10.4 Å². The fourth-order valence-corrected chi connectivity index (χ4v) is 3.30. The van der Waals surface area contributed by atoms with Crippen LogP contribution in [0.15, 0.2) is 6.07 Å². The minimum atomic E-state index is 0.148. The van der Waals surface area contributed by atoms with Crippen molar-refractivity contribution in [1.82, 2.24) is 4.90 Å². The average Bonchev–Trinajstić information content (AvgIpc) is 2.57. The Balaban J connectivity index is 2.27. The Kier molecular flexibility index (Phi) is 3.54. The Morgan fingerprint density at radius 2 is 1.94 bits per heavy atom. The van der Waals surface area contributed by atoms with Crippen LogP contribution in [0.2, 0.25) is 0 Å². The molecule has 1 aliphatic rings. The first-order valence-electron chi connectivity index (χ1n) is 5.98. The van der Waals surface area contributed by atoms with Crippen molar-refractivity contribution in [2.75, 3.05) is 13.2 Å². The first kappa shape index (κ1) is 12.6. The van der Waals surface area contributed by atoms with E-state index < -0.39 is 0 Å². The number of hydrogen-bond acceptors (Lipinski definition) is 3. The van der Waals surface area contributed by atoms with Crippen LogP contribution in [0.25, 0.3) is 0 Å². The van der Waals surface area contributed by atoms with Gasteiger partial charge in [-0.1, -0.05) is 0 Å². The summed E-state index contributed by atoms with van der Waals surface area (Å²) < 4.78 is 5.45. The third-order valence-corrected chi connectivity index (χ3v) is 4.14. The minimum Gasteiger partial charge on any atom is -0.377 e. The molecule has 1 aliphatic heterocycles. The van der Waals surface area contributed by atoms with Crippen molar-refractivity contribution in [2.24, 2.45) is 0 Å². The highest BCUT2D eigenvalue weighted by atomic mass is 32.1. The van der Waals surface area contributed by atoms with Gasteiger partial charge in [0.2, 0.25) is 0 Å². The zero-order chi connectivity index (χ0) is 12.6. The highest BCUT2D eigenvalue weighted by Crippen LogP contribution is 2.25. The van der Waals surface area contributed by atoms with Gasteiger partial charge in [0, 0.05) is 9.75 Å². The third-order valence-electron chi connectivity index (χ3n) is 3.17. The predicted octanol–water partition coefficient (Wildman–Crippen LogP) is 2.61. The van der Waals surface area contributed by atoms with Crippen LogP contribution in [0.1, 0.15) is 34.0 Å². The lowest BCUT2D eigenvalue weighted by atomic mass is 10.1. The highest BCUT2D eigenvalue weighted by molar-refractivity contribution is 7.12. The molecule has 0 aromatic carbocycles. The summed E-state index contributed by atoms with van der Waals surface area (Å²) in [5.74, 6) is 0.148. The van der Waals surface area contributed by atoms with Crippen molar-refractivity contribution in [1.29, 1.82) is 0 Å². The summed E-state index contributed by atoms with van der Waals surface area (Å²) in [5, 5.41) is 0. The molecule has 2 heterocycles. The second kappa shape index (κ2) is 4.78. The summed E-state index contributed by atoms with van der Waals surface area (Å²) in [7, 11) is 0. The molecule has 0 radical (unpaired) electrons. The molecule has 1 aromatic heterocycles. The van der Waals surface area contributed by atoms with Crippen molar-refractivity contribution < 1.29 is 9.53 Å². The highest BCUT2D eigenvalue weighted by Gasteiger charge is 2.31. The maximum Gasteiger partial charge on any atom is 0.255 e. The van der Waals surface area contributed by atoms with E-state index in [1.165, 1.54) is 4.88 Å². The molecule has 2 atom stereocenters. The van der Waals surface area contributed by atoms with Gasteiger partial charge in [-0.2, -0.15) is 0 Å². The molecule has 0 spiro atoms. The van der Waals surface area contributed by atoms with Gasteiger partial charge >= 0.3 is 0 Å². The number of ether oxygens (including phenoxy) is 1. The minimum absolute atomic E-state index is 0.148. The molecule has 1 amide bonds. The lowest BCUT2D eigenvalue weighted by Gasteiger charge is -2.38. The zero-order valence-electron chi connectivity index (χ0n) is 10.8. The van der Waals surface area contributed by atoms with Crippen LogP contribution >= 0.6 is 11.3 Å². The fraction of sp³-hybridized carbons (Fsp3) is 0.615. The molecule has 0 aliphatic carbocycles. The summed E-state index contributed by atoms with van der Waals surface area (Å²) in [5.41, 5.74) is 0.855. The Bertz CT molecular complexity index is 417. The van der Waals surface area contributed by atoms with Gasteiger partial charge in [-0.3, -0.25) is 4.79 Å². The summed E-state index contributed by atoms with van der Waals surface area (Å²) in [6.45, 7) is 9.42. The number of thiophene rings is 1. The monoisotopic (exact) mass is 253 g/mol. The lowest BCUT2D eigenvalue weighted by molar-refractivity contribution is -0.0249. The summed E-state index contributed by atoms with van der Waals surface area (Å²) in [6, 6.07) is 2.31. The Morgan fingerprint density at radius 1 is 1.35 bits per heavy atom. The number of nitrogens with zero attached hydrogens (tertiary/aromatic N) is 1. The van der Waals surface area contributed by atoms with E-state index in [4.69, 9.17) is 4.74 Å². The summed E-state index contributed by atoms with van der Waals surface area (Å²) in [4.78, 5) is 16.8. The topological polar surface area (TPSA) is 29.5 Å². The summed E-state index contributed by atoms with van der Waals surface area (Å²) >= 11 is 1.69. The molecule has 2 rings (SSSR count). The van der Waals surface area contributed by atoms with E-state index in [9.17, 15) is 4.79 Å². The summed E-state index contributed by atoms with van der Waals surface area (Å²) in [6.07, 6.45) is 0. The van der Waals surface area contributed by atoms with Gasteiger partial charge in [-0.05, 0) is 33.8 Å². The zero-order valence-corrected chi connectivity index (χ0v) is 11.6. The van der Waals surface area contributed by atoms with Crippen molar-refractivity contribution in [3.8, 4) is 0 Å². The van der Waals surface area contributed by atoms with E-state index >= 15 is 0 Å². The first-order chi connectivity index (χ1) is 8.00. The van der Waals surface area contributed by atoms with Gasteiger partial charge < -0.3 is 9.64 Å². The van der Waals surface area contributed by atoms with Gasteiger partial charge in [0.1, 0.15) is 0 Å². The van der Waals surface area contributed by atoms with Crippen LogP contribution < -0.4 is 0 Å². The van der Waals surface area contributed by atoms with Crippen molar-refractivity contribution in [2.45, 2.75) is 39.8 Å². The lowest BCUT2D eigenvalue weighted by Crippen LogP contribution is -2.52. The number of amides is 1. The number of hydrogen-bond donors (Lipinski definition) is 0. The predicted molar refractivity (Wildman–Crippen MR) is 69.7 cm³/mol. The number of morpholine rings is 1. The molecule has 0 bridgehead atoms. The largest absolute Gasteiger partial charge is 0.377 e. The normalized spacial score (nSPS) is 25.1. The number of carbonyl (C=O) groups is 1. The van der Waals surface area contributed by atoms with Crippen molar-refractivity contribution in [3.05, 3.63) is 21.4 Å². The molecular weight excluding hydrogens is 234 g/mol. The fourth-order valence-electron chi connectivity index (χ4n) is 2.39. The quantitative estimate of drug-likeness (QED) is 0.770. The second-order valence-corrected chi connectivity index (χ2v) is 6.24. The van der Waals surface area contributed by atoms with Gasteiger partial charge in [-0.15, -0.1) is 11.3 Å². The second-order valence-electron chi connectivity index (χ2n) is 4.77. The number of rotatable bonds is 1. The first-order valence-corrected chi connectivity index (χ1v) is 6.79. The smallest absolute Gasteiger partial charge is 0.255 e. The van der Waals surface area contributed by atoms with Crippen molar-refractivity contribution >= 4 is 17.2 Å². The molecule has 1 fully saturated rings. The van der Waals surface area contributed by atoms with Crippen LogP contribution in [0.3, 0.4) is 0 Å².